The van der Waals surface area contributed by atoms with Gasteiger partial charge in [-0.3, -0.25) is 0 Å². The van der Waals surface area contributed by atoms with E-state index in [0.29, 0.717) is 5.65 Å². The van der Waals surface area contributed by atoms with E-state index in [2.05, 4.69) is 52.8 Å². The van der Waals surface area contributed by atoms with Gasteiger partial charge >= 0.3 is 0 Å². The average Bonchev–Trinajstić information content (AvgIpc) is 3.15. The molecule has 29 heavy (non-hydrogen) atoms. The fraction of sp³-hybridized carbons (Fsp3) is 0.348. The molecule has 1 N–H and O–H groups in total. The number of aliphatic hydroxyl groups is 1. The first-order chi connectivity index (χ1) is 13.8. The van der Waals surface area contributed by atoms with Gasteiger partial charge in [-0.15, -0.1) is 5.10 Å². The zero-order valence-electron chi connectivity index (χ0n) is 17.5. The Kier molecular flexibility index (Phi) is 4.84. The summed E-state index contributed by atoms with van der Waals surface area (Å²) < 4.78 is 8.02. The van der Waals surface area contributed by atoms with Gasteiger partial charge in [-0.25, -0.2) is 0 Å². The third-order valence-electron chi connectivity index (χ3n) is 5.04. The zero-order valence-corrected chi connectivity index (χ0v) is 17.5. The molecule has 0 fully saturated rings. The summed E-state index contributed by atoms with van der Waals surface area (Å²) in [6.07, 6.45) is -0.444. The summed E-state index contributed by atoms with van der Waals surface area (Å²) in [7, 11) is 0. The van der Waals surface area contributed by atoms with Gasteiger partial charge in [-0.2, -0.15) is 4.52 Å². The Morgan fingerprint density at radius 2 is 1.79 bits per heavy atom. The van der Waals surface area contributed by atoms with E-state index >= 15 is 0 Å². The lowest BCUT2D eigenvalue weighted by atomic mass is 9.88. The molecule has 6 nitrogen and oxygen atoms in total. The zero-order chi connectivity index (χ0) is 20.8. The SMILES string of the molecule is Cc1ccc(-c2c([C@@H](CO)OC(C)(C)C)c(C)cc3c2ccc2nnnn23)cc1. The number of nitrogens with zero attached hydrogens (tertiary/aromatic N) is 4. The van der Waals surface area contributed by atoms with Crippen LogP contribution in [0.2, 0.25) is 0 Å². The first-order valence-corrected chi connectivity index (χ1v) is 9.78. The maximum atomic E-state index is 10.2. The van der Waals surface area contributed by atoms with Gasteiger partial charge in [0.15, 0.2) is 5.65 Å². The lowest BCUT2D eigenvalue weighted by Crippen LogP contribution is -2.25. The molecule has 2 heterocycles. The summed E-state index contributed by atoms with van der Waals surface area (Å²) in [5.74, 6) is 0. The Morgan fingerprint density at radius 1 is 1.07 bits per heavy atom. The van der Waals surface area contributed by atoms with Crippen molar-refractivity contribution < 1.29 is 9.84 Å². The van der Waals surface area contributed by atoms with Crippen LogP contribution in [0, 0.1) is 13.8 Å². The number of rotatable bonds is 4. The molecular formula is C23H26N4O2. The van der Waals surface area contributed by atoms with Crippen molar-refractivity contribution in [3.8, 4) is 11.1 Å². The minimum absolute atomic E-state index is 0.102. The molecule has 0 bridgehead atoms. The number of hydrogen-bond acceptors (Lipinski definition) is 5. The molecule has 0 aliphatic rings. The van der Waals surface area contributed by atoms with Gasteiger partial charge in [0.25, 0.3) is 0 Å². The van der Waals surface area contributed by atoms with E-state index in [0.717, 1.165) is 33.2 Å². The molecule has 0 radical (unpaired) electrons. The Hall–Kier alpha value is -2.83. The molecule has 4 rings (SSSR count). The summed E-state index contributed by atoms with van der Waals surface area (Å²) in [6, 6.07) is 14.5. The van der Waals surface area contributed by atoms with Gasteiger partial charge in [-0.1, -0.05) is 29.8 Å². The molecule has 6 heteroatoms. The number of tetrazole rings is 1. The van der Waals surface area contributed by atoms with Crippen molar-refractivity contribution in [1.82, 2.24) is 20.0 Å². The monoisotopic (exact) mass is 390 g/mol. The van der Waals surface area contributed by atoms with Crippen LogP contribution in [-0.2, 0) is 4.74 Å². The number of fused-ring (bicyclic) bond motifs is 3. The quantitative estimate of drug-likeness (QED) is 0.559. The van der Waals surface area contributed by atoms with Crippen LogP contribution in [0.3, 0.4) is 0 Å². The normalized spacial score (nSPS) is 13.3. The molecule has 0 unspecified atom stereocenters. The van der Waals surface area contributed by atoms with Crippen molar-refractivity contribution in [3.05, 3.63) is 59.2 Å². The van der Waals surface area contributed by atoms with Crippen LogP contribution < -0.4 is 0 Å². The number of aromatic nitrogens is 4. The molecule has 0 spiro atoms. The maximum absolute atomic E-state index is 10.2. The predicted molar refractivity (Wildman–Crippen MR) is 114 cm³/mol. The Morgan fingerprint density at radius 3 is 2.45 bits per heavy atom. The van der Waals surface area contributed by atoms with Crippen LogP contribution in [0.4, 0.5) is 0 Å². The van der Waals surface area contributed by atoms with Crippen molar-refractivity contribution >= 4 is 16.6 Å². The van der Waals surface area contributed by atoms with Crippen LogP contribution in [0.25, 0.3) is 27.7 Å². The molecule has 0 amide bonds. The van der Waals surface area contributed by atoms with Crippen LogP contribution in [0.5, 0.6) is 0 Å². The van der Waals surface area contributed by atoms with Crippen molar-refractivity contribution in [3.63, 3.8) is 0 Å². The molecular weight excluding hydrogens is 364 g/mol. The molecule has 4 aromatic rings. The van der Waals surface area contributed by atoms with Crippen LogP contribution >= 0.6 is 0 Å². The molecule has 2 aromatic carbocycles. The summed E-state index contributed by atoms with van der Waals surface area (Å²) in [6.45, 7) is 10.0. The van der Waals surface area contributed by atoms with E-state index in [9.17, 15) is 5.11 Å². The van der Waals surface area contributed by atoms with E-state index in [-0.39, 0.29) is 12.2 Å². The number of hydrogen-bond donors (Lipinski definition) is 1. The van der Waals surface area contributed by atoms with Gasteiger partial charge in [0.05, 0.1) is 17.7 Å². The van der Waals surface area contributed by atoms with Crippen molar-refractivity contribution in [2.24, 2.45) is 0 Å². The highest BCUT2D eigenvalue weighted by Gasteiger charge is 2.26. The third kappa shape index (κ3) is 3.61. The molecule has 1 atom stereocenters. The molecule has 0 saturated heterocycles. The lowest BCUT2D eigenvalue weighted by molar-refractivity contribution is -0.0821. The number of aliphatic hydroxyl groups excluding tert-OH is 1. The topological polar surface area (TPSA) is 72.5 Å². The highest BCUT2D eigenvalue weighted by Crippen LogP contribution is 2.40. The molecule has 0 aliphatic heterocycles. The largest absolute Gasteiger partial charge is 0.393 e. The first-order valence-electron chi connectivity index (χ1n) is 9.78. The van der Waals surface area contributed by atoms with Gasteiger partial charge in [0, 0.05) is 5.39 Å². The van der Waals surface area contributed by atoms with Crippen molar-refractivity contribution in [1.29, 1.82) is 0 Å². The van der Waals surface area contributed by atoms with Gasteiger partial charge < -0.3 is 9.84 Å². The molecule has 0 aliphatic carbocycles. The number of pyridine rings is 1. The summed E-state index contributed by atoms with van der Waals surface area (Å²) >= 11 is 0. The predicted octanol–water partition coefficient (Wildman–Crippen LogP) is 4.41. The van der Waals surface area contributed by atoms with Crippen molar-refractivity contribution in [2.45, 2.75) is 46.3 Å². The Balaban J connectivity index is 2.08. The summed E-state index contributed by atoms with van der Waals surface area (Å²) in [4.78, 5) is 0. The second-order valence-electron chi connectivity index (χ2n) is 8.46. The van der Waals surface area contributed by atoms with Gasteiger partial charge in [0.2, 0.25) is 0 Å². The van der Waals surface area contributed by atoms with E-state index < -0.39 is 6.10 Å². The molecule has 0 saturated carbocycles. The fourth-order valence-electron chi connectivity index (χ4n) is 3.86. The highest BCUT2D eigenvalue weighted by molar-refractivity contribution is 5.98. The van der Waals surface area contributed by atoms with Gasteiger partial charge in [-0.05, 0) is 85.5 Å². The minimum atomic E-state index is -0.444. The van der Waals surface area contributed by atoms with E-state index in [4.69, 9.17) is 4.74 Å². The van der Waals surface area contributed by atoms with Crippen molar-refractivity contribution in [2.75, 3.05) is 6.61 Å². The first kappa shape index (κ1) is 19.5. The Labute approximate surface area is 170 Å². The standard InChI is InChI=1S/C23H26N4O2/c1-14-6-8-16(9-7-14)22-17-10-11-20-24-25-26-27(20)18(17)12-15(2)21(22)19(13-28)29-23(3,4)5/h6-12,19,28H,13H2,1-5H3/t19-/m1/s1. The summed E-state index contributed by atoms with van der Waals surface area (Å²) in [5.41, 5.74) is 6.56. The van der Waals surface area contributed by atoms with E-state index in [1.54, 1.807) is 4.52 Å². The van der Waals surface area contributed by atoms with Gasteiger partial charge in [0.1, 0.15) is 6.10 Å². The smallest absolute Gasteiger partial charge is 0.179 e. The van der Waals surface area contributed by atoms with E-state index in [1.807, 2.05) is 39.8 Å². The fourth-order valence-corrected chi connectivity index (χ4v) is 3.86. The van der Waals surface area contributed by atoms with Crippen LogP contribution in [0.15, 0.2) is 42.5 Å². The number of aryl methyl sites for hydroxylation is 2. The highest BCUT2D eigenvalue weighted by atomic mass is 16.5. The maximum Gasteiger partial charge on any atom is 0.179 e. The number of ether oxygens (including phenoxy) is 1. The second kappa shape index (κ2) is 7.21. The molecule has 150 valence electrons. The average molecular weight is 390 g/mol. The summed E-state index contributed by atoms with van der Waals surface area (Å²) in [5, 5.41) is 23.3. The minimum Gasteiger partial charge on any atom is -0.393 e. The van der Waals surface area contributed by atoms with E-state index in [1.165, 1.54) is 5.56 Å². The third-order valence-corrected chi connectivity index (χ3v) is 5.04. The second-order valence-corrected chi connectivity index (χ2v) is 8.46. The lowest BCUT2D eigenvalue weighted by Gasteiger charge is -2.30. The van der Waals surface area contributed by atoms with Crippen LogP contribution in [0.1, 0.15) is 43.6 Å². The van der Waals surface area contributed by atoms with Crippen LogP contribution in [-0.4, -0.2) is 37.4 Å². The molecule has 2 aromatic heterocycles. The Bertz CT molecular complexity index is 1170. The number of benzene rings is 2.